The molecule has 0 aliphatic rings. The first kappa shape index (κ1) is 26.5. The lowest BCUT2D eigenvalue weighted by Gasteiger charge is -2.24. The normalized spacial score (nSPS) is 12.4. The van der Waals surface area contributed by atoms with Crippen LogP contribution in [0, 0.1) is 5.92 Å². The van der Waals surface area contributed by atoms with Gasteiger partial charge in [-0.1, -0.05) is 103 Å². The van der Waals surface area contributed by atoms with Gasteiger partial charge in [-0.2, -0.15) is 0 Å². The van der Waals surface area contributed by atoms with E-state index in [1.165, 1.54) is 5.56 Å². The van der Waals surface area contributed by atoms with Gasteiger partial charge in [0.25, 0.3) is 5.91 Å². The highest BCUT2D eigenvalue weighted by molar-refractivity contribution is 5.96. The maximum absolute atomic E-state index is 13.6. The van der Waals surface area contributed by atoms with Gasteiger partial charge >= 0.3 is 0 Å². The molecule has 0 spiro atoms. The Morgan fingerprint density at radius 1 is 0.943 bits per heavy atom. The van der Waals surface area contributed by atoms with E-state index in [1.54, 1.807) is 0 Å². The number of ether oxygens (including phenoxy) is 1. The minimum Gasteiger partial charge on any atom is -0.489 e. The zero-order valence-electron chi connectivity index (χ0n) is 22.2. The topological polar surface area (TPSA) is 38.3 Å². The van der Waals surface area contributed by atoms with Gasteiger partial charge in [0.2, 0.25) is 0 Å². The molecule has 0 aromatic heterocycles. The number of para-hydroxylation sites is 1. The van der Waals surface area contributed by atoms with Crippen molar-refractivity contribution < 1.29 is 9.53 Å². The van der Waals surface area contributed by atoms with E-state index >= 15 is 0 Å². The Hall–Kier alpha value is -3.07. The summed E-state index contributed by atoms with van der Waals surface area (Å²) in [5.74, 6) is 1.27. The van der Waals surface area contributed by atoms with Crippen LogP contribution in [0.2, 0.25) is 0 Å². The smallest absolute Gasteiger partial charge is 0.252 e. The molecule has 0 aliphatic carbocycles. The summed E-state index contributed by atoms with van der Waals surface area (Å²) in [6.45, 7) is 13.6. The standard InChI is InChI=1S/C32H41NO2/c1-7-11-25-15-14-24(22-35-28-12-9-8-10-13-28)21-29(25)31(34)33-30(20-23(2)3)26-16-18-27(19-17-26)32(4,5)6/h8-10,12-19,21,23,30H,7,11,20,22H2,1-6H3,(H,33,34). The van der Waals surface area contributed by atoms with Crippen molar-refractivity contribution in [1.29, 1.82) is 0 Å². The van der Waals surface area contributed by atoms with Gasteiger partial charge in [0, 0.05) is 5.56 Å². The summed E-state index contributed by atoms with van der Waals surface area (Å²) in [6.07, 6.45) is 2.75. The molecule has 0 bridgehead atoms. The summed E-state index contributed by atoms with van der Waals surface area (Å²) in [7, 11) is 0. The van der Waals surface area contributed by atoms with Crippen LogP contribution in [-0.2, 0) is 18.4 Å². The van der Waals surface area contributed by atoms with Gasteiger partial charge in [-0.3, -0.25) is 4.79 Å². The maximum Gasteiger partial charge on any atom is 0.252 e. The van der Waals surface area contributed by atoms with E-state index in [2.05, 4.69) is 83.3 Å². The van der Waals surface area contributed by atoms with Crippen molar-refractivity contribution in [3.63, 3.8) is 0 Å². The van der Waals surface area contributed by atoms with E-state index in [0.717, 1.165) is 47.3 Å². The average Bonchev–Trinajstić information content (AvgIpc) is 2.83. The summed E-state index contributed by atoms with van der Waals surface area (Å²) >= 11 is 0. The lowest BCUT2D eigenvalue weighted by Crippen LogP contribution is -2.30. The summed E-state index contributed by atoms with van der Waals surface area (Å²) in [5, 5.41) is 3.36. The van der Waals surface area contributed by atoms with Crippen LogP contribution in [0.4, 0.5) is 0 Å². The summed E-state index contributed by atoms with van der Waals surface area (Å²) in [5.41, 5.74) is 5.38. The molecule has 3 nitrogen and oxygen atoms in total. The number of nitrogens with one attached hydrogen (secondary N) is 1. The number of carbonyl (C=O) groups is 1. The zero-order chi connectivity index (χ0) is 25.4. The molecule has 35 heavy (non-hydrogen) atoms. The first-order chi connectivity index (χ1) is 16.7. The Morgan fingerprint density at radius 3 is 2.23 bits per heavy atom. The fourth-order valence-corrected chi connectivity index (χ4v) is 4.30. The quantitative estimate of drug-likeness (QED) is 0.325. The van der Waals surface area contributed by atoms with Gasteiger partial charge in [-0.05, 0) is 64.6 Å². The van der Waals surface area contributed by atoms with Crippen molar-refractivity contribution in [2.24, 2.45) is 5.92 Å². The van der Waals surface area contributed by atoms with Crippen LogP contribution in [-0.4, -0.2) is 5.91 Å². The van der Waals surface area contributed by atoms with Gasteiger partial charge in [0.15, 0.2) is 0 Å². The number of benzene rings is 3. The SMILES string of the molecule is CCCc1ccc(COc2ccccc2)cc1C(=O)NC(CC(C)C)c1ccc(C(C)(C)C)cc1. The molecule has 0 saturated carbocycles. The fourth-order valence-electron chi connectivity index (χ4n) is 4.30. The van der Waals surface area contributed by atoms with E-state index in [-0.39, 0.29) is 17.4 Å². The van der Waals surface area contributed by atoms with Crippen LogP contribution < -0.4 is 10.1 Å². The summed E-state index contributed by atoms with van der Waals surface area (Å²) in [4.78, 5) is 13.6. The summed E-state index contributed by atoms with van der Waals surface area (Å²) in [6, 6.07) is 24.6. The minimum absolute atomic E-state index is 0.0134. The fraction of sp³-hybridized carbons (Fsp3) is 0.406. The van der Waals surface area contributed by atoms with Crippen LogP contribution in [0.15, 0.2) is 72.8 Å². The van der Waals surface area contributed by atoms with Crippen molar-refractivity contribution in [3.05, 3.63) is 101 Å². The van der Waals surface area contributed by atoms with Gasteiger partial charge < -0.3 is 10.1 Å². The van der Waals surface area contributed by atoms with Gasteiger partial charge in [0.05, 0.1) is 6.04 Å². The predicted octanol–water partition coefficient (Wildman–Crippen LogP) is 8.03. The second-order valence-electron chi connectivity index (χ2n) is 10.9. The second kappa shape index (κ2) is 12.1. The van der Waals surface area contributed by atoms with Gasteiger partial charge in [-0.25, -0.2) is 0 Å². The molecular formula is C32H41NO2. The Kier molecular flexibility index (Phi) is 9.14. The number of hydrogen-bond acceptors (Lipinski definition) is 2. The van der Waals surface area contributed by atoms with E-state index in [4.69, 9.17) is 4.74 Å². The first-order valence-electron chi connectivity index (χ1n) is 12.9. The lowest BCUT2D eigenvalue weighted by molar-refractivity contribution is 0.0930. The molecule has 0 heterocycles. The summed E-state index contributed by atoms with van der Waals surface area (Å²) < 4.78 is 5.94. The van der Waals surface area contributed by atoms with Crippen molar-refractivity contribution >= 4 is 5.91 Å². The molecular weight excluding hydrogens is 430 g/mol. The van der Waals surface area contributed by atoms with Gasteiger partial charge in [-0.15, -0.1) is 0 Å². The Morgan fingerprint density at radius 2 is 1.63 bits per heavy atom. The molecule has 1 atom stereocenters. The minimum atomic E-state index is -0.0322. The Labute approximate surface area is 211 Å². The van der Waals surface area contributed by atoms with E-state index in [0.29, 0.717) is 12.5 Å². The molecule has 3 heteroatoms. The molecule has 1 amide bonds. The van der Waals surface area contributed by atoms with Crippen molar-refractivity contribution in [2.75, 3.05) is 0 Å². The number of rotatable bonds is 10. The third-order valence-corrected chi connectivity index (χ3v) is 6.28. The monoisotopic (exact) mass is 471 g/mol. The Bertz CT molecular complexity index is 1080. The molecule has 1 unspecified atom stereocenters. The third-order valence-electron chi connectivity index (χ3n) is 6.28. The molecule has 0 saturated heterocycles. The van der Waals surface area contributed by atoms with Crippen molar-refractivity contribution in [3.8, 4) is 5.75 Å². The van der Waals surface area contributed by atoms with Gasteiger partial charge in [0.1, 0.15) is 12.4 Å². The van der Waals surface area contributed by atoms with Crippen LogP contribution in [0.1, 0.15) is 93.0 Å². The molecule has 186 valence electrons. The number of carbonyl (C=O) groups excluding carboxylic acids is 1. The highest BCUT2D eigenvalue weighted by Crippen LogP contribution is 2.27. The van der Waals surface area contributed by atoms with Crippen LogP contribution >= 0.6 is 0 Å². The van der Waals surface area contributed by atoms with Crippen molar-refractivity contribution in [1.82, 2.24) is 5.32 Å². The Balaban J connectivity index is 1.83. The molecule has 0 radical (unpaired) electrons. The average molecular weight is 472 g/mol. The first-order valence-corrected chi connectivity index (χ1v) is 12.9. The number of hydrogen-bond donors (Lipinski definition) is 1. The number of aryl methyl sites for hydroxylation is 1. The molecule has 0 fully saturated rings. The third kappa shape index (κ3) is 7.71. The number of amides is 1. The molecule has 3 aromatic carbocycles. The second-order valence-corrected chi connectivity index (χ2v) is 10.9. The molecule has 3 aromatic rings. The molecule has 1 N–H and O–H groups in total. The predicted molar refractivity (Wildman–Crippen MR) is 146 cm³/mol. The van der Waals surface area contributed by atoms with E-state index < -0.39 is 0 Å². The lowest BCUT2D eigenvalue weighted by atomic mass is 9.85. The van der Waals surface area contributed by atoms with E-state index in [9.17, 15) is 4.79 Å². The van der Waals surface area contributed by atoms with Crippen molar-refractivity contribution in [2.45, 2.75) is 78.9 Å². The largest absolute Gasteiger partial charge is 0.489 e. The van der Waals surface area contributed by atoms with Crippen LogP contribution in [0.3, 0.4) is 0 Å². The highest BCUT2D eigenvalue weighted by atomic mass is 16.5. The molecule has 3 rings (SSSR count). The molecule has 0 aliphatic heterocycles. The zero-order valence-corrected chi connectivity index (χ0v) is 22.2. The van der Waals surface area contributed by atoms with Crippen LogP contribution in [0.5, 0.6) is 5.75 Å². The maximum atomic E-state index is 13.6. The highest BCUT2D eigenvalue weighted by Gasteiger charge is 2.21. The van der Waals surface area contributed by atoms with Crippen LogP contribution in [0.25, 0.3) is 0 Å². The van der Waals surface area contributed by atoms with E-state index in [1.807, 2.05) is 36.4 Å².